The molecule has 2 rings (SSSR count). The zero-order chi connectivity index (χ0) is 14.6. The van der Waals surface area contributed by atoms with Crippen LogP contribution in [0.1, 0.15) is 47.0 Å². The molecule has 0 aliphatic heterocycles. The molecular weight excluding hydrogens is 244 g/mol. The summed E-state index contributed by atoms with van der Waals surface area (Å²) in [4.78, 5) is 12.7. The summed E-state index contributed by atoms with van der Waals surface area (Å²) >= 11 is 0. The Morgan fingerprint density at radius 3 is 2.37 bits per heavy atom. The Hall–Kier alpha value is -0.450. The van der Waals surface area contributed by atoms with Crippen LogP contribution in [0.25, 0.3) is 0 Å². The van der Waals surface area contributed by atoms with E-state index >= 15 is 0 Å². The van der Waals surface area contributed by atoms with Gasteiger partial charge >= 0.3 is 0 Å². The minimum atomic E-state index is -1.08. The molecule has 2 aliphatic rings. The number of hydrogen-bond donors (Lipinski definition) is 3. The number of Topliss-reactive ketones (excluding diaryl/α,β-unsaturated/α-hetero) is 1. The molecule has 0 spiro atoms. The number of aliphatic hydroxyl groups excluding tert-OH is 2. The first-order valence-electron chi connectivity index (χ1n) is 7.23. The van der Waals surface area contributed by atoms with E-state index in [1.165, 1.54) is 0 Å². The van der Waals surface area contributed by atoms with Crippen LogP contribution in [0.3, 0.4) is 0 Å². The fourth-order valence-electron chi connectivity index (χ4n) is 4.42. The van der Waals surface area contributed by atoms with E-state index in [1.54, 1.807) is 6.92 Å². The second kappa shape index (κ2) is 4.54. The van der Waals surface area contributed by atoms with Gasteiger partial charge in [-0.1, -0.05) is 20.8 Å². The van der Waals surface area contributed by atoms with Gasteiger partial charge in [0.1, 0.15) is 5.78 Å². The Labute approximate surface area is 114 Å². The van der Waals surface area contributed by atoms with Crippen LogP contribution >= 0.6 is 0 Å². The molecule has 110 valence electrons. The highest BCUT2D eigenvalue weighted by Crippen LogP contribution is 2.54. The van der Waals surface area contributed by atoms with Crippen LogP contribution < -0.4 is 0 Å². The van der Waals surface area contributed by atoms with Crippen LogP contribution in [0.5, 0.6) is 0 Å². The van der Waals surface area contributed by atoms with Gasteiger partial charge in [0.05, 0.1) is 23.7 Å². The molecule has 3 N–H and O–H groups in total. The molecule has 0 aromatic heterocycles. The second-order valence-corrected chi connectivity index (χ2v) is 7.29. The van der Waals surface area contributed by atoms with Crippen molar-refractivity contribution < 1.29 is 20.1 Å². The van der Waals surface area contributed by atoms with Crippen LogP contribution in [-0.4, -0.2) is 38.9 Å². The summed E-state index contributed by atoms with van der Waals surface area (Å²) in [5, 5.41) is 31.2. The molecule has 2 saturated carbocycles. The zero-order valence-corrected chi connectivity index (χ0v) is 12.3. The molecule has 0 radical (unpaired) electrons. The minimum absolute atomic E-state index is 0.0434. The zero-order valence-electron chi connectivity index (χ0n) is 12.3. The predicted molar refractivity (Wildman–Crippen MR) is 71.4 cm³/mol. The molecule has 0 aromatic carbocycles. The van der Waals surface area contributed by atoms with Crippen molar-refractivity contribution in [1.29, 1.82) is 0 Å². The number of fused-ring (bicyclic) bond motifs is 1. The van der Waals surface area contributed by atoms with E-state index < -0.39 is 35.1 Å². The van der Waals surface area contributed by atoms with Crippen molar-refractivity contribution in [3.8, 4) is 0 Å². The van der Waals surface area contributed by atoms with E-state index in [0.717, 1.165) is 0 Å². The first kappa shape index (κ1) is 14.9. The third-order valence-electron chi connectivity index (χ3n) is 5.36. The Balaban J connectivity index is 2.44. The molecule has 4 heteroatoms. The molecule has 2 fully saturated rings. The SMILES string of the molecule is CC(C)[C@H]1C(=O)C2[C@@](C)(O)CC[C@H](O)[C@]2(C)C[C@@H]1O. The number of carbonyl (C=O) groups is 1. The molecule has 6 atom stereocenters. The monoisotopic (exact) mass is 270 g/mol. The maximum absolute atomic E-state index is 12.7. The highest BCUT2D eigenvalue weighted by atomic mass is 16.3. The predicted octanol–water partition coefficient (Wildman–Crippen LogP) is 1.12. The van der Waals surface area contributed by atoms with Crippen LogP contribution in [0, 0.1) is 23.2 Å². The fourth-order valence-corrected chi connectivity index (χ4v) is 4.42. The van der Waals surface area contributed by atoms with Crippen molar-refractivity contribution in [2.75, 3.05) is 0 Å². The molecule has 2 aliphatic carbocycles. The summed E-state index contributed by atoms with van der Waals surface area (Å²) in [5.74, 6) is -1.06. The van der Waals surface area contributed by atoms with E-state index in [0.29, 0.717) is 19.3 Å². The maximum Gasteiger partial charge on any atom is 0.145 e. The maximum atomic E-state index is 12.7. The fraction of sp³-hybridized carbons (Fsp3) is 0.933. The number of aliphatic hydroxyl groups is 3. The number of rotatable bonds is 1. The molecular formula is C15H26O4. The quantitative estimate of drug-likeness (QED) is 0.667. The standard InChI is InChI=1S/C15H26O4/c1-8(2)11-9(16)7-14(3)10(17)5-6-15(4,19)13(14)12(11)18/h8-11,13,16-17,19H,5-7H2,1-4H3/t9-,10-,11+,13?,14-,15-/m0/s1. The lowest BCUT2D eigenvalue weighted by molar-refractivity contribution is -0.198. The van der Waals surface area contributed by atoms with Gasteiger partial charge in [0, 0.05) is 11.3 Å². The van der Waals surface area contributed by atoms with E-state index in [1.807, 2.05) is 20.8 Å². The van der Waals surface area contributed by atoms with Gasteiger partial charge in [0.25, 0.3) is 0 Å². The second-order valence-electron chi connectivity index (χ2n) is 7.29. The lowest BCUT2D eigenvalue weighted by atomic mass is 9.50. The molecule has 0 heterocycles. The minimum Gasteiger partial charge on any atom is -0.393 e. The summed E-state index contributed by atoms with van der Waals surface area (Å²) in [5.41, 5.74) is -1.80. The van der Waals surface area contributed by atoms with Gasteiger partial charge in [-0.25, -0.2) is 0 Å². The van der Waals surface area contributed by atoms with Crippen molar-refractivity contribution in [2.45, 2.75) is 64.8 Å². The summed E-state index contributed by atoms with van der Waals surface area (Å²) in [7, 11) is 0. The third-order valence-corrected chi connectivity index (χ3v) is 5.36. The molecule has 0 bridgehead atoms. The van der Waals surface area contributed by atoms with Crippen molar-refractivity contribution in [2.24, 2.45) is 23.2 Å². The van der Waals surface area contributed by atoms with Gasteiger partial charge in [0.15, 0.2) is 0 Å². The average Bonchev–Trinajstić information content (AvgIpc) is 2.22. The van der Waals surface area contributed by atoms with Crippen molar-refractivity contribution >= 4 is 5.78 Å². The first-order valence-corrected chi connectivity index (χ1v) is 7.23. The Morgan fingerprint density at radius 1 is 1.26 bits per heavy atom. The van der Waals surface area contributed by atoms with Crippen LogP contribution in [0.4, 0.5) is 0 Å². The summed E-state index contributed by atoms with van der Waals surface area (Å²) in [6.07, 6.45) is -0.0708. The van der Waals surface area contributed by atoms with Crippen LogP contribution in [0.2, 0.25) is 0 Å². The van der Waals surface area contributed by atoms with Gasteiger partial charge in [-0.15, -0.1) is 0 Å². The van der Waals surface area contributed by atoms with Gasteiger partial charge in [-0.2, -0.15) is 0 Å². The van der Waals surface area contributed by atoms with E-state index in [2.05, 4.69) is 0 Å². The Morgan fingerprint density at radius 2 is 1.84 bits per heavy atom. The van der Waals surface area contributed by atoms with Crippen molar-refractivity contribution in [1.82, 2.24) is 0 Å². The largest absolute Gasteiger partial charge is 0.393 e. The smallest absolute Gasteiger partial charge is 0.145 e. The van der Waals surface area contributed by atoms with Gasteiger partial charge in [0.2, 0.25) is 0 Å². The topological polar surface area (TPSA) is 77.8 Å². The third kappa shape index (κ3) is 2.14. The Kier molecular flexibility index (Phi) is 3.57. The molecule has 1 unspecified atom stereocenters. The highest BCUT2D eigenvalue weighted by Gasteiger charge is 2.61. The number of carbonyl (C=O) groups excluding carboxylic acids is 1. The van der Waals surface area contributed by atoms with E-state index in [-0.39, 0.29) is 11.7 Å². The number of ketones is 1. The number of hydrogen-bond acceptors (Lipinski definition) is 4. The molecule has 0 aromatic rings. The van der Waals surface area contributed by atoms with Crippen LogP contribution in [-0.2, 0) is 4.79 Å². The van der Waals surface area contributed by atoms with Crippen molar-refractivity contribution in [3.63, 3.8) is 0 Å². The molecule has 0 amide bonds. The van der Waals surface area contributed by atoms with Gasteiger partial charge < -0.3 is 15.3 Å². The van der Waals surface area contributed by atoms with Crippen LogP contribution in [0.15, 0.2) is 0 Å². The van der Waals surface area contributed by atoms with E-state index in [4.69, 9.17) is 0 Å². The van der Waals surface area contributed by atoms with Crippen molar-refractivity contribution in [3.05, 3.63) is 0 Å². The van der Waals surface area contributed by atoms with E-state index in [9.17, 15) is 20.1 Å². The first-order chi connectivity index (χ1) is 8.61. The summed E-state index contributed by atoms with van der Waals surface area (Å²) in [6.45, 7) is 7.35. The lowest BCUT2D eigenvalue weighted by Crippen LogP contribution is -2.64. The van der Waals surface area contributed by atoms with Gasteiger partial charge in [-0.3, -0.25) is 4.79 Å². The van der Waals surface area contributed by atoms with Gasteiger partial charge in [-0.05, 0) is 32.1 Å². The summed E-state index contributed by atoms with van der Waals surface area (Å²) < 4.78 is 0. The summed E-state index contributed by atoms with van der Waals surface area (Å²) in [6, 6.07) is 0. The Bertz CT molecular complexity index is 376. The lowest BCUT2D eigenvalue weighted by Gasteiger charge is -2.56. The molecule has 19 heavy (non-hydrogen) atoms. The molecule has 0 saturated heterocycles. The average molecular weight is 270 g/mol. The highest BCUT2D eigenvalue weighted by molar-refractivity contribution is 5.87. The normalized spacial score (nSPS) is 51.3. The molecule has 4 nitrogen and oxygen atoms in total.